The number of fused-ring (bicyclic) bond motifs is 1. The summed E-state index contributed by atoms with van der Waals surface area (Å²) >= 11 is 3.18. The Bertz CT molecular complexity index is 933. The molecule has 3 rings (SSSR count). The first-order valence-electron chi connectivity index (χ1n) is 8.78. The van der Waals surface area contributed by atoms with Gasteiger partial charge in [0.05, 0.1) is 21.6 Å². The molecular weight excluding hydrogens is 380 g/mol. The average Bonchev–Trinajstić information content (AvgIpc) is 3.28. The molecule has 3 aromatic heterocycles. The molecule has 27 heavy (non-hydrogen) atoms. The van der Waals surface area contributed by atoms with Gasteiger partial charge in [0.25, 0.3) is 5.91 Å². The van der Waals surface area contributed by atoms with Crippen molar-refractivity contribution in [2.75, 3.05) is 18.5 Å². The third-order valence-electron chi connectivity index (χ3n) is 4.07. The van der Waals surface area contributed by atoms with Crippen molar-refractivity contribution < 1.29 is 9.90 Å². The van der Waals surface area contributed by atoms with Crippen LogP contribution in [0.2, 0.25) is 0 Å². The Morgan fingerprint density at radius 3 is 2.70 bits per heavy atom. The van der Waals surface area contributed by atoms with Crippen molar-refractivity contribution in [2.24, 2.45) is 5.41 Å². The number of rotatable bonds is 7. The number of pyridine rings is 1. The fraction of sp³-hybridized carbons (Fsp3) is 0.421. The molecule has 0 aliphatic heterocycles. The number of hydrogen-bond acceptors (Lipinski definition) is 7. The van der Waals surface area contributed by atoms with Gasteiger partial charge in [-0.2, -0.15) is 0 Å². The molecule has 0 atom stereocenters. The first kappa shape index (κ1) is 19.7. The van der Waals surface area contributed by atoms with Crippen LogP contribution in [0.1, 0.15) is 38.1 Å². The smallest absolute Gasteiger partial charge is 0.255 e. The number of carbonyl (C=O) groups excluding carboxylic acids is 1. The highest BCUT2D eigenvalue weighted by Gasteiger charge is 2.22. The highest BCUT2D eigenvalue weighted by molar-refractivity contribution is 7.25. The molecule has 0 aromatic carbocycles. The van der Waals surface area contributed by atoms with E-state index in [0.29, 0.717) is 12.1 Å². The lowest BCUT2D eigenvalue weighted by molar-refractivity contribution is 0.0911. The lowest BCUT2D eigenvalue weighted by atomic mass is 9.95. The highest BCUT2D eigenvalue weighted by Crippen LogP contribution is 2.38. The molecule has 8 heteroatoms. The summed E-state index contributed by atoms with van der Waals surface area (Å²) in [5.74, 6) is -0.195. The van der Waals surface area contributed by atoms with Crippen LogP contribution >= 0.6 is 22.7 Å². The number of amides is 1. The Kier molecular flexibility index (Phi) is 5.78. The number of thiazole rings is 1. The molecule has 0 aliphatic rings. The molecule has 1 amide bonds. The fourth-order valence-corrected chi connectivity index (χ4v) is 4.25. The van der Waals surface area contributed by atoms with Crippen LogP contribution in [0.25, 0.3) is 20.0 Å². The average molecular weight is 405 g/mol. The molecule has 0 saturated carbocycles. The molecular formula is C19H24N4O2S2. The quantitative estimate of drug-likeness (QED) is 0.554. The van der Waals surface area contributed by atoms with Crippen molar-refractivity contribution in [1.29, 1.82) is 0 Å². The number of aromatic nitrogens is 2. The number of hydrogen-bond donors (Lipinski definition) is 3. The number of carbonyl (C=O) groups is 1. The standard InChI is InChI=1S/C19H24N4O2S2/c1-11(2)23-16-12-5-14(15-7-20-10-26-15)27-18(12)21-6-13(16)17(25)22-8-19(3,4)9-24/h5-7,10-11,24H,8-9H2,1-4H3,(H,21,23)(H,22,25). The first-order chi connectivity index (χ1) is 12.8. The third kappa shape index (κ3) is 4.45. The lowest BCUT2D eigenvalue weighted by Gasteiger charge is -2.22. The van der Waals surface area contributed by atoms with Gasteiger partial charge in [0.15, 0.2) is 0 Å². The Morgan fingerprint density at radius 1 is 1.30 bits per heavy atom. The number of aliphatic hydroxyl groups is 1. The second-order valence-corrected chi connectivity index (χ2v) is 9.46. The summed E-state index contributed by atoms with van der Waals surface area (Å²) in [4.78, 5) is 24.5. The van der Waals surface area contributed by atoms with Gasteiger partial charge in [-0.15, -0.1) is 22.7 Å². The van der Waals surface area contributed by atoms with E-state index in [0.717, 1.165) is 25.7 Å². The molecule has 0 aliphatic carbocycles. The molecule has 0 spiro atoms. The van der Waals surface area contributed by atoms with Crippen LogP contribution in [0.5, 0.6) is 0 Å². The number of thiophene rings is 1. The summed E-state index contributed by atoms with van der Waals surface area (Å²) in [6, 6.07) is 2.24. The Morgan fingerprint density at radius 2 is 2.07 bits per heavy atom. The van der Waals surface area contributed by atoms with Gasteiger partial charge in [-0.1, -0.05) is 13.8 Å². The topological polar surface area (TPSA) is 87.1 Å². The molecule has 0 fully saturated rings. The van der Waals surface area contributed by atoms with Crippen molar-refractivity contribution >= 4 is 44.5 Å². The van der Waals surface area contributed by atoms with Crippen LogP contribution in [-0.4, -0.2) is 40.2 Å². The molecule has 0 radical (unpaired) electrons. The number of aliphatic hydroxyl groups excluding tert-OH is 1. The van der Waals surface area contributed by atoms with E-state index in [9.17, 15) is 9.90 Å². The summed E-state index contributed by atoms with van der Waals surface area (Å²) in [5, 5.41) is 16.7. The van der Waals surface area contributed by atoms with Crippen LogP contribution in [0.15, 0.2) is 24.0 Å². The van der Waals surface area contributed by atoms with E-state index < -0.39 is 0 Å². The van der Waals surface area contributed by atoms with E-state index in [2.05, 4.69) is 26.7 Å². The van der Waals surface area contributed by atoms with Gasteiger partial charge in [0, 0.05) is 47.3 Å². The maximum absolute atomic E-state index is 12.8. The fourth-order valence-electron chi connectivity index (χ4n) is 2.54. The van der Waals surface area contributed by atoms with Crippen LogP contribution in [0.3, 0.4) is 0 Å². The van der Waals surface area contributed by atoms with E-state index >= 15 is 0 Å². The minimum absolute atomic E-state index is 0.00437. The molecule has 0 unspecified atom stereocenters. The monoisotopic (exact) mass is 404 g/mol. The third-order valence-corrected chi connectivity index (χ3v) is 6.08. The van der Waals surface area contributed by atoms with E-state index in [1.165, 1.54) is 0 Å². The maximum Gasteiger partial charge on any atom is 0.255 e. The minimum atomic E-state index is -0.374. The van der Waals surface area contributed by atoms with E-state index in [-0.39, 0.29) is 24.0 Å². The Hall–Kier alpha value is -2.03. The molecule has 3 aromatic rings. The van der Waals surface area contributed by atoms with Gasteiger partial charge in [-0.05, 0) is 19.9 Å². The van der Waals surface area contributed by atoms with Crippen LogP contribution in [-0.2, 0) is 0 Å². The highest BCUT2D eigenvalue weighted by atomic mass is 32.1. The zero-order chi connectivity index (χ0) is 19.6. The Labute approximate surface area is 166 Å². The largest absolute Gasteiger partial charge is 0.396 e. The first-order valence-corrected chi connectivity index (χ1v) is 10.5. The van der Waals surface area contributed by atoms with Crippen molar-refractivity contribution in [1.82, 2.24) is 15.3 Å². The second-order valence-electron chi connectivity index (χ2n) is 7.55. The summed E-state index contributed by atoms with van der Waals surface area (Å²) in [7, 11) is 0. The predicted octanol–water partition coefficient (Wildman–Crippen LogP) is 3.99. The van der Waals surface area contributed by atoms with Crippen molar-refractivity contribution in [3.05, 3.63) is 29.5 Å². The Balaban J connectivity index is 2.00. The normalized spacial score (nSPS) is 11.9. The van der Waals surface area contributed by atoms with Gasteiger partial charge in [0.1, 0.15) is 4.83 Å². The SMILES string of the molecule is CC(C)Nc1c(C(=O)NCC(C)(C)CO)cnc2sc(-c3cncs3)cc12. The molecule has 144 valence electrons. The maximum atomic E-state index is 12.8. The van der Waals surface area contributed by atoms with E-state index in [1.807, 2.05) is 39.4 Å². The predicted molar refractivity (Wildman–Crippen MR) is 113 cm³/mol. The van der Waals surface area contributed by atoms with Crippen LogP contribution < -0.4 is 10.6 Å². The molecule has 6 nitrogen and oxygen atoms in total. The zero-order valence-electron chi connectivity index (χ0n) is 15.9. The van der Waals surface area contributed by atoms with Gasteiger partial charge >= 0.3 is 0 Å². The molecule has 3 heterocycles. The van der Waals surface area contributed by atoms with Gasteiger partial charge < -0.3 is 15.7 Å². The van der Waals surface area contributed by atoms with E-state index in [1.54, 1.807) is 28.9 Å². The number of anilines is 1. The van der Waals surface area contributed by atoms with Crippen LogP contribution in [0, 0.1) is 5.41 Å². The second kappa shape index (κ2) is 7.92. The van der Waals surface area contributed by atoms with Gasteiger partial charge in [0.2, 0.25) is 0 Å². The van der Waals surface area contributed by atoms with Crippen LogP contribution in [0.4, 0.5) is 5.69 Å². The zero-order valence-corrected chi connectivity index (χ0v) is 17.5. The van der Waals surface area contributed by atoms with Gasteiger partial charge in [-0.3, -0.25) is 9.78 Å². The number of nitrogens with zero attached hydrogens (tertiary/aromatic N) is 2. The van der Waals surface area contributed by atoms with Crippen molar-refractivity contribution in [2.45, 2.75) is 33.7 Å². The number of nitrogens with one attached hydrogen (secondary N) is 2. The van der Waals surface area contributed by atoms with E-state index in [4.69, 9.17) is 0 Å². The van der Waals surface area contributed by atoms with Gasteiger partial charge in [-0.25, -0.2) is 4.98 Å². The summed E-state index contributed by atoms with van der Waals surface area (Å²) in [6.07, 6.45) is 3.47. The lowest BCUT2D eigenvalue weighted by Crippen LogP contribution is -2.36. The molecule has 0 bridgehead atoms. The molecule has 0 saturated heterocycles. The summed E-state index contributed by atoms with van der Waals surface area (Å²) in [5.41, 5.74) is 2.74. The summed E-state index contributed by atoms with van der Waals surface area (Å²) in [6.45, 7) is 8.28. The minimum Gasteiger partial charge on any atom is -0.396 e. The molecule has 3 N–H and O–H groups in total. The van der Waals surface area contributed by atoms with Crippen molar-refractivity contribution in [3.8, 4) is 9.75 Å². The van der Waals surface area contributed by atoms with Crippen molar-refractivity contribution in [3.63, 3.8) is 0 Å². The summed E-state index contributed by atoms with van der Waals surface area (Å²) < 4.78 is 0.